The number of benzene rings is 1. The number of cyclic esters (lactones) is 1. The maximum Gasteiger partial charge on any atom is 0.328 e. The van der Waals surface area contributed by atoms with Gasteiger partial charge in [-0.15, -0.1) is 0 Å². The fourth-order valence-electron chi connectivity index (χ4n) is 4.06. The lowest BCUT2D eigenvalue weighted by Crippen LogP contribution is -2.43. The number of halogens is 1. The molecule has 0 unspecified atom stereocenters. The van der Waals surface area contributed by atoms with Crippen molar-refractivity contribution in [3.63, 3.8) is 0 Å². The number of carbonyl (C=O) groups is 2. The summed E-state index contributed by atoms with van der Waals surface area (Å²) >= 11 is 6.00. The Hall–Kier alpha value is -2.80. The van der Waals surface area contributed by atoms with E-state index in [9.17, 15) is 14.7 Å². The Morgan fingerprint density at radius 2 is 1.97 bits per heavy atom. The summed E-state index contributed by atoms with van der Waals surface area (Å²) in [6.07, 6.45) is 3.98. The first-order valence-electron chi connectivity index (χ1n) is 10.8. The average molecular weight is 461 g/mol. The number of amides is 1. The Balaban J connectivity index is 1.71. The smallest absolute Gasteiger partial charge is 0.328 e. The summed E-state index contributed by atoms with van der Waals surface area (Å²) in [7, 11) is 1.38. The first-order chi connectivity index (χ1) is 15.3. The predicted molar refractivity (Wildman–Crippen MR) is 121 cm³/mol. The summed E-state index contributed by atoms with van der Waals surface area (Å²) in [5.74, 6) is -0.900. The van der Waals surface area contributed by atoms with Crippen LogP contribution in [0.25, 0.3) is 0 Å². The molecule has 0 aliphatic carbocycles. The third-order valence-corrected chi connectivity index (χ3v) is 6.43. The molecule has 1 aliphatic heterocycles. The van der Waals surface area contributed by atoms with Crippen LogP contribution in [-0.2, 0) is 16.0 Å². The third-order valence-electron chi connectivity index (χ3n) is 6.18. The molecular formula is C24H29ClN2O5. The van der Waals surface area contributed by atoms with Crippen molar-refractivity contribution in [1.29, 1.82) is 0 Å². The van der Waals surface area contributed by atoms with Crippen molar-refractivity contribution in [2.45, 2.75) is 51.7 Å². The van der Waals surface area contributed by atoms with E-state index in [0.717, 1.165) is 19.3 Å². The van der Waals surface area contributed by atoms with E-state index in [-0.39, 0.29) is 29.2 Å². The minimum absolute atomic E-state index is 0.134. The highest BCUT2D eigenvalue weighted by Crippen LogP contribution is 2.31. The van der Waals surface area contributed by atoms with Crippen LogP contribution in [0.2, 0.25) is 5.02 Å². The molecule has 1 aromatic carbocycles. The number of nitrogens with zero attached hydrogens (tertiary/aromatic N) is 1. The van der Waals surface area contributed by atoms with Crippen LogP contribution in [-0.4, -0.2) is 41.2 Å². The molecule has 8 heteroatoms. The van der Waals surface area contributed by atoms with E-state index < -0.39 is 17.9 Å². The van der Waals surface area contributed by atoms with Gasteiger partial charge in [-0.05, 0) is 55.7 Å². The molecule has 0 saturated carbocycles. The Bertz CT molecular complexity index is 950. The molecular weight excluding hydrogens is 432 g/mol. The zero-order valence-corrected chi connectivity index (χ0v) is 19.3. The summed E-state index contributed by atoms with van der Waals surface area (Å²) < 4.78 is 10.7. The Morgan fingerprint density at radius 1 is 1.25 bits per heavy atom. The van der Waals surface area contributed by atoms with E-state index in [2.05, 4.69) is 17.2 Å². The highest BCUT2D eigenvalue weighted by atomic mass is 35.5. The van der Waals surface area contributed by atoms with E-state index >= 15 is 0 Å². The van der Waals surface area contributed by atoms with Gasteiger partial charge in [-0.1, -0.05) is 37.1 Å². The number of aromatic nitrogens is 1. The molecule has 7 nitrogen and oxygen atoms in total. The standard InChI is InChI=1S/C24H29ClN2O5/c1-14-15(2)32-24(30)19(27-23(29)21-22(28)20(31-3)11-12-26-21)6-4-5-17(14)13-16-7-9-18(25)10-8-16/h7-12,14-15,17,19,28H,4-6,13H2,1-3H3,(H,27,29)/t14-,15-,17+,19-/m0/s1. The summed E-state index contributed by atoms with van der Waals surface area (Å²) in [4.78, 5) is 29.4. The molecule has 1 fully saturated rings. The van der Waals surface area contributed by atoms with Crippen molar-refractivity contribution in [3.8, 4) is 11.5 Å². The Labute approximate surface area is 193 Å². The topological polar surface area (TPSA) is 97.8 Å². The molecule has 0 radical (unpaired) electrons. The molecule has 32 heavy (non-hydrogen) atoms. The van der Waals surface area contributed by atoms with Gasteiger partial charge in [0.1, 0.15) is 12.1 Å². The van der Waals surface area contributed by atoms with Gasteiger partial charge in [0.05, 0.1) is 7.11 Å². The molecule has 172 valence electrons. The van der Waals surface area contributed by atoms with Crippen LogP contribution in [0.1, 0.15) is 49.2 Å². The van der Waals surface area contributed by atoms with Gasteiger partial charge in [0.2, 0.25) is 0 Å². The van der Waals surface area contributed by atoms with E-state index in [1.165, 1.54) is 24.9 Å². The number of esters is 1. The second-order valence-corrected chi connectivity index (χ2v) is 8.70. The summed E-state index contributed by atoms with van der Waals surface area (Å²) in [5.41, 5.74) is 0.993. The van der Waals surface area contributed by atoms with Gasteiger partial charge in [-0.2, -0.15) is 0 Å². The van der Waals surface area contributed by atoms with Gasteiger partial charge in [0.25, 0.3) is 5.91 Å². The normalized spacial score (nSPS) is 23.9. The number of rotatable bonds is 5. The van der Waals surface area contributed by atoms with E-state index in [4.69, 9.17) is 21.1 Å². The maximum atomic E-state index is 12.8. The molecule has 4 atom stereocenters. The lowest BCUT2D eigenvalue weighted by Gasteiger charge is -2.28. The molecule has 1 aliphatic rings. The van der Waals surface area contributed by atoms with Crippen LogP contribution in [0.15, 0.2) is 36.5 Å². The number of pyridine rings is 1. The highest BCUT2D eigenvalue weighted by Gasteiger charge is 2.32. The Kier molecular flexibility index (Phi) is 7.96. The van der Waals surface area contributed by atoms with Gasteiger partial charge in [-0.3, -0.25) is 4.79 Å². The van der Waals surface area contributed by atoms with Crippen molar-refractivity contribution in [2.24, 2.45) is 11.8 Å². The number of methoxy groups -OCH3 is 1. The van der Waals surface area contributed by atoms with Crippen molar-refractivity contribution < 1.29 is 24.2 Å². The molecule has 1 saturated heterocycles. The first-order valence-corrected chi connectivity index (χ1v) is 11.2. The summed E-state index contributed by atoms with van der Waals surface area (Å²) in [5, 5.41) is 13.6. The first kappa shape index (κ1) is 23.9. The number of aromatic hydroxyl groups is 1. The van der Waals surface area contributed by atoms with E-state index in [0.29, 0.717) is 17.4 Å². The number of ether oxygens (including phenoxy) is 2. The van der Waals surface area contributed by atoms with Crippen molar-refractivity contribution >= 4 is 23.5 Å². The van der Waals surface area contributed by atoms with Gasteiger partial charge in [0, 0.05) is 17.3 Å². The molecule has 0 spiro atoms. The largest absolute Gasteiger partial charge is 0.503 e. The summed E-state index contributed by atoms with van der Waals surface area (Å²) in [6, 6.07) is 8.44. The molecule has 3 rings (SSSR count). The monoisotopic (exact) mass is 460 g/mol. The quantitative estimate of drug-likeness (QED) is 0.650. The van der Waals surface area contributed by atoms with Gasteiger partial charge >= 0.3 is 5.97 Å². The maximum absolute atomic E-state index is 12.8. The van der Waals surface area contributed by atoms with Crippen molar-refractivity contribution in [1.82, 2.24) is 10.3 Å². The Morgan fingerprint density at radius 3 is 2.66 bits per heavy atom. The molecule has 2 N–H and O–H groups in total. The fraction of sp³-hybridized carbons (Fsp3) is 0.458. The lowest BCUT2D eigenvalue weighted by atomic mass is 9.81. The minimum Gasteiger partial charge on any atom is -0.503 e. The van der Waals surface area contributed by atoms with Gasteiger partial charge < -0.3 is 19.9 Å². The number of nitrogens with one attached hydrogen (secondary N) is 1. The van der Waals surface area contributed by atoms with Crippen molar-refractivity contribution in [2.75, 3.05) is 7.11 Å². The number of carbonyl (C=O) groups excluding carboxylic acids is 2. The highest BCUT2D eigenvalue weighted by molar-refractivity contribution is 6.30. The lowest BCUT2D eigenvalue weighted by molar-refractivity contribution is -0.153. The van der Waals surface area contributed by atoms with E-state index in [1.54, 1.807) is 0 Å². The predicted octanol–water partition coefficient (Wildman–Crippen LogP) is 4.16. The summed E-state index contributed by atoms with van der Waals surface area (Å²) in [6.45, 7) is 3.98. The van der Waals surface area contributed by atoms with Crippen LogP contribution in [0.5, 0.6) is 11.5 Å². The van der Waals surface area contributed by atoms with Crippen LogP contribution < -0.4 is 10.1 Å². The second kappa shape index (κ2) is 10.7. The van der Waals surface area contributed by atoms with Gasteiger partial charge in [-0.25, -0.2) is 9.78 Å². The van der Waals surface area contributed by atoms with Gasteiger partial charge in [0.15, 0.2) is 17.2 Å². The van der Waals surface area contributed by atoms with E-state index in [1.807, 2.05) is 31.2 Å². The molecule has 1 amide bonds. The fourth-order valence-corrected chi connectivity index (χ4v) is 4.18. The number of hydrogen-bond acceptors (Lipinski definition) is 6. The van der Waals surface area contributed by atoms with Crippen LogP contribution in [0.4, 0.5) is 0 Å². The minimum atomic E-state index is -0.821. The zero-order valence-electron chi connectivity index (χ0n) is 18.5. The zero-order chi connectivity index (χ0) is 23.3. The van der Waals surface area contributed by atoms with Crippen LogP contribution in [0, 0.1) is 11.8 Å². The molecule has 1 aromatic heterocycles. The average Bonchev–Trinajstić information content (AvgIpc) is 2.82. The third kappa shape index (κ3) is 5.71. The molecule has 0 bridgehead atoms. The molecule has 2 aromatic rings. The number of hydrogen-bond donors (Lipinski definition) is 2. The molecule has 2 heterocycles. The van der Waals surface area contributed by atoms with Crippen LogP contribution in [0.3, 0.4) is 0 Å². The van der Waals surface area contributed by atoms with Crippen molar-refractivity contribution in [3.05, 3.63) is 52.8 Å². The SMILES string of the molecule is COc1ccnc(C(=O)N[C@H]2CCC[C@H](Cc3ccc(Cl)cc3)[C@@H](C)[C@H](C)OC2=O)c1O. The second-order valence-electron chi connectivity index (χ2n) is 8.26. The van der Waals surface area contributed by atoms with Crippen LogP contribution >= 0.6 is 11.6 Å².